The highest BCUT2D eigenvalue weighted by molar-refractivity contribution is 5.99. The average Bonchev–Trinajstić information content (AvgIpc) is 2.27. The quantitative estimate of drug-likeness (QED) is 0.834. The minimum Gasteiger partial charge on any atom is -0.478 e. The van der Waals surface area contributed by atoms with E-state index in [4.69, 9.17) is 5.11 Å². The molecule has 1 N–H and O–H groups in total. The first-order chi connectivity index (χ1) is 7.59. The molecule has 1 aromatic heterocycles. The Morgan fingerprint density at radius 3 is 2.62 bits per heavy atom. The number of pyridine rings is 1. The molecule has 0 aliphatic carbocycles. The van der Waals surface area contributed by atoms with Crippen molar-refractivity contribution in [3.05, 3.63) is 48.3 Å². The summed E-state index contributed by atoms with van der Waals surface area (Å²) in [5.74, 6) is -0.941. The van der Waals surface area contributed by atoms with Crippen LogP contribution in [0.4, 0.5) is 0 Å². The number of fused-ring (bicyclic) bond motifs is 1. The molecule has 3 nitrogen and oxygen atoms in total. The minimum absolute atomic E-state index is 0.271. The first kappa shape index (κ1) is 10.4. The highest BCUT2D eigenvalue weighted by atomic mass is 16.4. The molecule has 16 heavy (non-hydrogen) atoms. The number of allylic oxidation sites excluding steroid dienone is 1. The maximum Gasteiger partial charge on any atom is 0.336 e. The van der Waals surface area contributed by atoms with Gasteiger partial charge in [0.25, 0.3) is 0 Å². The lowest BCUT2D eigenvalue weighted by atomic mass is 9.98. The van der Waals surface area contributed by atoms with E-state index in [1.165, 1.54) is 0 Å². The number of nitrogens with zero attached hydrogens (tertiary/aromatic N) is 1. The molecule has 0 atom stereocenters. The van der Waals surface area contributed by atoms with Crippen molar-refractivity contribution in [3.63, 3.8) is 0 Å². The summed E-state index contributed by atoms with van der Waals surface area (Å²) in [4.78, 5) is 15.1. The Morgan fingerprint density at radius 2 is 2.00 bits per heavy atom. The SMILES string of the molecule is C=C(C)c1cc2ccncc2cc1C(=O)O. The van der Waals surface area contributed by atoms with Crippen LogP contribution < -0.4 is 0 Å². The molecule has 2 aromatic rings. The van der Waals surface area contributed by atoms with Gasteiger partial charge in [-0.2, -0.15) is 0 Å². The molecular weight excluding hydrogens is 202 g/mol. The highest BCUT2D eigenvalue weighted by Gasteiger charge is 2.11. The average molecular weight is 213 g/mol. The van der Waals surface area contributed by atoms with E-state index >= 15 is 0 Å². The Bertz CT molecular complexity index is 535. The molecule has 0 aliphatic heterocycles. The van der Waals surface area contributed by atoms with Crippen LogP contribution in [0.3, 0.4) is 0 Å². The van der Waals surface area contributed by atoms with E-state index in [9.17, 15) is 4.79 Å². The van der Waals surface area contributed by atoms with Crippen LogP contribution in [-0.4, -0.2) is 16.1 Å². The van der Waals surface area contributed by atoms with Crippen molar-refractivity contribution in [2.75, 3.05) is 0 Å². The lowest BCUT2D eigenvalue weighted by Crippen LogP contribution is -2.01. The summed E-state index contributed by atoms with van der Waals surface area (Å²) in [6, 6.07) is 5.32. The van der Waals surface area contributed by atoms with Crippen molar-refractivity contribution in [2.24, 2.45) is 0 Å². The summed E-state index contributed by atoms with van der Waals surface area (Å²) >= 11 is 0. The fraction of sp³-hybridized carbons (Fsp3) is 0.0769. The van der Waals surface area contributed by atoms with E-state index in [0.717, 1.165) is 16.3 Å². The van der Waals surface area contributed by atoms with Crippen molar-refractivity contribution >= 4 is 22.3 Å². The van der Waals surface area contributed by atoms with Gasteiger partial charge in [0, 0.05) is 17.8 Å². The number of carboxylic acid groups (broad SMARTS) is 1. The maximum absolute atomic E-state index is 11.1. The molecule has 1 heterocycles. The largest absolute Gasteiger partial charge is 0.478 e. The van der Waals surface area contributed by atoms with Gasteiger partial charge in [0.05, 0.1) is 5.56 Å². The number of aromatic carboxylic acids is 1. The first-order valence-corrected chi connectivity index (χ1v) is 4.86. The molecule has 0 spiro atoms. The predicted octanol–water partition coefficient (Wildman–Crippen LogP) is 2.97. The summed E-state index contributed by atoms with van der Waals surface area (Å²) in [5.41, 5.74) is 1.69. The molecule has 0 saturated heterocycles. The zero-order valence-corrected chi connectivity index (χ0v) is 8.90. The summed E-state index contributed by atoms with van der Waals surface area (Å²) in [6.45, 7) is 5.60. The molecule has 2 rings (SSSR count). The normalized spacial score (nSPS) is 10.3. The van der Waals surface area contributed by atoms with Gasteiger partial charge in [-0.1, -0.05) is 12.2 Å². The van der Waals surface area contributed by atoms with Gasteiger partial charge in [-0.15, -0.1) is 0 Å². The van der Waals surface area contributed by atoms with Crippen molar-refractivity contribution in [1.29, 1.82) is 0 Å². The number of benzene rings is 1. The van der Waals surface area contributed by atoms with Gasteiger partial charge < -0.3 is 5.11 Å². The standard InChI is InChI=1S/C13H11NO2/c1-8(2)11-5-9-3-4-14-7-10(9)6-12(11)13(15)16/h3-7H,1H2,2H3,(H,15,16). The fourth-order valence-corrected chi connectivity index (χ4v) is 1.67. The van der Waals surface area contributed by atoms with Crippen molar-refractivity contribution in [1.82, 2.24) is 4.98 Å². The number of rotatable bonds is 2. The van der Waals surface area contributed by atoms with Crippen molar-refractivity contribution in [2.45, 2.75) is 6.92 Å². The summed E-state index contributed by atoms with van der Waals surface area (Å²) in [7, 11) is 0. The molecular formula is C13H11NO2. The van der Waals surface area contributed by atoms with Gasteiger partial charge >= 0.3 is 5.97 Å². The summed E-state index contributed by atoms with van der Waals surface area (Å²) in [5, 5.41) is 10.9. The Labute approximate surface area is 93.1 Å². The molecule has 0 radical (unpaired) electrons. The molecule has 0 saturated carbocycles. The molecule has 0 amide bonds. The maximum atomic E-state index is 11.1. The van der Waals surface area contributed by atoms with Crippen LogP contribution in [0, 0.1) is 0 Å². The van der Waals surface area contributed by atoms with Gasteiger partial charge in [-0.3, -0.25) is 4.98 Å². The molecule has 0 fully saturated rings. The first-order valence-electron chi connectivity index (χ1n) is 4.86. The van der Waals surface area contributed by atoms with Gasteiger partial charge in [0.1, 0.15) is 0 Å². The zero-order chi connectivity index (χ0) is 11.7. The topological polar surface area (TPSA) is 50.2 Å². The molecule has 0 unspecified atom stereocenters. The number of carboxylic acids is 1. The van der Waals surface area contributed by atoms with Crippen LogP contribution in [0.15, 0.2) is 37.2 Å². The third-order valence-electron chi connectivity index (χ3n) is 2.47. The van der Waals surface area contributed by atoms with Crippen LogP contribution in [-0.2, 0) is 0 Å². The summed E-state index contributed by atoms with van der Waals surface area (Å²) < 4.78 is 0. The second-order valence-electron chi connectivity index (χ2n) is 3.71. The van der Waals surface area contributed by atoms with Crippen molar-refractivity contribution < 1.29 is 9.90 Å². The van der Waals surface area contributed by atoms with Gasteiger partial charge in [0.2, 0.25) is 0 Å². The second-order valence-corrected chi connectivity index (χ2v) is 3.71. The molecule has 0 aliphatic rings. The van der Waals surface area contributed by atoms with Crippen LogP contribution >= 0.6 is 0 Å². The third-order valence-corrected chi connectivity index (χ3v) is 2.47. The van der Waals surface area contributed by atoms with E-state index in [1.54, 1.807) is 25.4 Å². The van der Waals surface area contributed by atoms with E-state index in [2.05, 4.69) is 11.6 Å². The van der Waals surface area contributed by atoms with E-state index in [1.807, 2.05) is 12.1 Å². The van der Waals surface area contributed by atoms with Crippen LogP contribution in [0.25, 0.3) is 16.3 Å². The van der Waals surface area contributed by atoms with Gasteiger partial charge in [0.15, 0.2) is 0 Å². The third kappa shape index (κ3) is 1.67. The van der Waals surface area contributed by atoms with E-state index in [0.29, 0.717) is 5.56 Å². The molecule has 3 heteroatoms. The van der Waals surface area contributed by atoms with Crippen molar-refractivity contribution in [3.8, 4) is 0 Å². The Kier molecular flexibility index (Phi) is 2.44. The zero-order valence-electron chi connectivity index (χ0n) is 8.90. The van der Waals surface area contributed by atoms with Gasteiger partial charge in [-0.05, 0) is 36.1 Å². The van der Waals surface area contributed by atoms with E-state index in [-0.39, 0.29) is 5.56 Å². The molecule has 1 aromatic carbocycles. The van der Waals surface area contributed by atoms with E-state index < -0.39 is 5.97 Å². The van der Waals surface area contributed by atoms with Gasteiger partial charge in [-0.25, -0.2) is 4.79 Å². The summed E-state index contributed by atoms with van der Waals surface area (Å²) in [6.07, 6.45) is 3.34. The smallest absolute Gasteiger partial charge is 0.336 e. The minimum atomic E-state index is -0.941. The Morgan fingerprint density at radius 1 is 1.31 bits per heavy atom. The number of hydrogen-bond acceptors (Lipinski definition) is 2. The molecule has 0 bridgehead atoms. The molecule has 80 valence electrons. The second kappa shape index (κ2) is 3.77. The highest BCUT2D eigenvalue weighted by Crippen LogP contribution is 2.24. The number of hydrogen-bond donors (Lipinski definition) is 1. The lowest BCUT2D eigenvalue weighted by molar-refractivity contribution is 0.0696. The Balaban J connectivity index is 2.81. The number of carbonyl (C=O) groups is 1. The fourth-order valence-electron chi connectivity index (χ4n) is 1.67. The van der Waals surface area contributed by atoms with Crippen LogP contribution in [0.1, 0.15) is 22.8 Å². The lowest BCUT2D eigenvalue weighted by Gasteiger charge is -2.07. The van der Waals surface area contributed by atoms with Crippen LogP contribution in [0.2, 0.25) is 0 Å². The predicted molar refractivity (Wildman–Crippen MR) is 63.4 cm³/mol. The number of aromatic nitrogens is 1. The van der Waals surface area contributed by atoms with Crippen LogP contribution in [0.5, 0.6) is 0 Å². The Hall–Kier alpha value is -2.16. The monoisotopic (exact) mass is 213 g/mol.